The second-order valence-electron chi connectivity index (χ2n) is 3.38. The first-order chi connectivity index (χ1) is 6.31. The van der Waals surface area contributed by atoms with E-state index in [1.165, 1.54) is 19.3 Å². The highest BCUT2D eigenvalue weighted by molar-refractivity contribution is 9.10. The number of nitrogens with zero attached hydrogens (tertiary/aromatic N) is 2. The predicted octanol–water partition coefficient (Wildman–Crippen LogP) is 1.97. The third-order valence-corrected chi connectivity index (χ3v) is 3.21. The highest BCUT2D eigenvalue weighted by atomic mass is 79.9. The Morgan fingerprint density at radius 3 is 2.77 bits per heavy atom. The van der Waals surface area contributed by atoms with Gasteiger partial charge in [-0.05, 0) is 28.8 Å². The molecule has 1 saturated carbocycles. The number of rotatable bonds is 2. The molecule has 1 aromatic rings. The van der Waals surface area contributed by atoms with Crippen LogP contribution in [0.2, 0.25) is 0 Å². The first-order valence-electron chi connectivity index (χ1n) is 4.52. The smallest absolute Gasteiger partial charge is 0.132 e. The van der Waals surface area contributed by atoms with E-state index < -0.39 is 0 Å². The lowest BCUT2D eigenvalue weighted by Gasteiger charge is -2.23. The van der Waals surface area contributed by atoms with Crippen LogP contribution < -0.4 is 5.73 Å². The monoisotopic (exact) mass is 241 g/mol. The second-order valence-corrected chi connectivity index (χ2v) is 4.13. The van der Waals surface area contributed by atoms with Crippen LogP contribution in [-0.2, 0) is 6.54 Å². The lowest BCUT2D eigenvalue weighted by atomic mass is 9.85. The van der Waals surface area contributed by atoms with Gasteiger partial charge in [0, 0.05) is 24.2 Å². The van der Waals surface area contributed by atoms with Crippen molar-refractivity contribution in [2.75, 3.05) is 0 Å². The molecule has 0 aliphatic heterocycles. The van der Waals surface area contributed by atoms with Gasteiger partial charge >= 0.3 is 0 Å². The molecule has 1 aliphatic carbocycles. The molecule has 13 heavy (non-hydrogen) atoms. The lowest BCUT2D eigenvalue weighted by molar-refractivity contribution is 0.400. The lowest BCUT2D eigenvalue weighted by Crippen LogP contribution is -2.13. The van der Waals surface area contributed by atoms with Gasteiger partial charge < -0.3 is 5.73 Å². The molecule has 0 atom stereocenters. The predicted molar refractivity (Wildman–Crippen MR) is 54.2 cm³/mol. The first kappa shape index (κ1) is 9.09. The van der Waals surface area contributed by atoms with Gasteiger partial charge in [0.15, 0.2) is 0 Å². The molecule has 0 amide bonds. The maximum Gasteiger partial charge on any atom is 0.132 e. The third-order valence-electron chi connectivity index (χ3n) is 2.52. The number of hydrogen-bond acceptors (Lipinski definition) is 3. The zero-order valence-corrected chi connectivity index (χ0v) is 8.92. The SMILES string of the molecule is NCc1cnc(C2CCC2)nc1Br. The van der Waals surface area contributed by atoms with Crippen molar-refractivity contribution in [1.29, 1.82) is 0 Å². The van der Waals surface area contributed by atoms with Crippen LogP contribution >= 0.6 is 15.9 Å². The molecule has 0 spiro atoms. The number of hydrogen-bond donors (Lipinski definition) is 1. The molecular formula is C9H12BrN3. The summed E-state index contributed by atoms with van der Waals surface area (Å²) < 4.78 is 0.854. The fourth-order valence-corrected chi connectivity index (χ4v) is 1.84. The van der Waals surface area contributed by atoms with Crippen molar-refractivity contribution in [3.8, 4) is 0 Å². The van der Waals surface area contributed by atoms with Crippen molar-refractivity contribution in [3.05, 3.63) is 22.2 Å². The maximum absolute atomic E-state index is 5.51. The molecule has 1 aliphatic rings. The van der Waals surface area contributed by atoms with Gasteiger partial charge in [0.25, 0.3) is 0 Å². The maximum atomic E-state index is 5.51. The van der Waals surface area contributed by atoms with Crippen molar-refractivity contribution in [2.45, 2.75) is 31.7 Å². The van der Waals surface area contributed by atoms with Crippen LogP contribution in [0.15, 0.2) is 10.8 Å². The minimum absolute atomic E-state index is 0.492. The van der Waals surface area contributed by atoms with E-state index in [1.54, 1.807) is 0 Å². The summed E-state index contributed by atoms with van der Waals surface area (Å²) in [6, 6.07) is 0. The molecule has 4 heteroatoms. The number of aromatic nitrogens is 2. The normalized spacial score (nSPS) is 17.1. The fourth-order valence-electron chi connectivity index (χ4n) is 1.40. The topological polar surface area (TPSA) is 51.8 Å². The summed E-state index contributed by atoms with van der Waals surface area (Å²) in [7, 11) is 0. The van der Waals surface area contributed by atoms with E-state index in [0.29, 0.717) is 12.5 Å². The van der Waals surface area contributed by atoms with Gasteiger partial charge in [-0.2, -0.15) is 0 Å². The van der Waals surface area contributed by atoms with Gasteiger partial charge in [-0.25, -0.2) is 9.97 Å². The Hall–Kier alpha value is -0.480. The summed E-state index contributed by atoms with van der Waals surface area (Å²) in [4.78, 5) is 8.70. The van der Waals surface area contributed by atoms with E-state index in [0.717, 1.165) is 16.0 Å². The van der Waals surface area contributed by atoms with E-state index in [1.807, 2.05) is 6.20 Å². The van der Waals surface area contributed by atoms with Crippen LogP contribution in [0.4, 0.5) is 0 Å². The van der Waals surface area contributed by atoms with Crippen molar-refractivity contribution in [2.24, 2.45) is 5.73 Å². The Kier molecular flexibility index (Phi) is 2.60. The highest BCUT2D eigenvalue weighted by Crippen LogP contribution is 2.34. The quantitative estimate of drug-likeness (QED) is 0.806. The zero-order chi connectivity index (χ0) is 9.26. The molecule has 2 N–H and O–H groups in total. The van der Waals surface area contributed by atoms with Gasteiger partial charge in [0.05, 0.1) is 0 Å². The molecule has 1 heterocycles. The Bertz CT molecular complexity index is 310. The Morgan fingerprint density at radius 1 is 1.54 bits per heavy atom. The van der Waals surface area contributed by atoms with Gasteiger partial charge in [-0.15, -0.1) is 0 Å². The van der Waals surface area contributed by atoms with Crippen LogP contribution in [0.5, 0.6) is 0 Å². The van der Waals surface area contributed by atoms with Crippen molar-refractivity contribution >= 4 is 15.9 Å². The second kappa shape index (κ2) is 3.72. The molecule has 0 aromatic carbocycles. The molecule has 3 nitrogen and oxygen atoms in total. The molecule has 2 rings (SSSR count). The standard InChI is InChI=1S/C9H12BrN3/c10-8-7(4-11)5-12-9(13-8)6-2-1-3-6/h5-6H,1-4,11H2. The van der Waals surface area contributed by atoms with Gasteiger partial charge in [0.1, 0.15) is 10.4 Å². The fraction of sp³-hybridized carbons (Fsp3) is 0.556. The summed E-state index contributed by atoms with van der Waals surface area (Å²) in [5, 5.41) is 0. The van der Waals surface area contributed by atoms with Gasteiger partial charge in [-0.3, -0.25) is 0 Å². The first-order valence-corrected chi connectivity index (χ1v) is 5.32. The van der Waals surface area contributed by atoms with Crippen LogP contribution in [0.1, 0.15) is 36.6 Å². The average Bonchev–Trinajstić information content (AvgIpc) is 2.01. The summed E-state index contributed by atoms with van der Waals surface area (Å²) in [5.41, 5.74) is 6.49. The summed E-state index contributed by atoms with van der Waals surface area (Å²) >= 11 is 3.40. The largest absolute Gasteiger partial charge is 0.326 e. The summed E-state index contributed by atoms with van der Waals surface area (Å²) in [5.74, 6) is 1.55. The minimum atomic E-state index is 0.492. The Balaban J connectivity index is 2.24. The molecule has 0 bridgehead atoms. The zero-order valence-electron chi connectivity index (χ0n) is 7.33. The Labute approximate surface area is 85.9 Å². The average molecular weight is 242 g/mol. The van der Waals surface area contributed by atoms with Crippen LogP contribution in [0.3, 0.4) is 0 Å². The molecule has 70 valence electrons. The van der Waals surface area contributed by atoms with E-state index in [9.17, 15) is 0 Å². The summed E-state index contributed by atoms with van der Waals surface area (Å²) in [6.07, 6.45) is 5.60. The van der Waals surface area contributed by atoms with E-state index >= 15 is 0 Å². The van der Waals surface area contributed by atoms with Crippen LogP contribution in [0, 0.1) is 0 Å². The van der Waals surface area contributed by atoms with Gasteiger partial charge in [-0.1, -0.05) is 6.42 Å². The van der Waals surface area contributed by atoms with Crippen molar-refractivity contribution in [3.63, 3.8) is 0 Å². The van der Waals surface area contributed by atoms with E-state index in [4.69, 9.17) is 5.73 Å². The highest BCUT2D eigenvalue weighted by Gasteiger charge is 2.22. The van der Waals surface area contributed by atoms with Crippen molar-refractivity contribution in [1.82, 2.24) is 9.97 Å². The molecule has 1 aromatic heterocycles. The molecule has 0 unspecified atom stereocenters. The number of nitrogens with two attached hydrogens (primary N) is 1. The Morgan fingerprint density at radius 2 is 2.31 bits per heavy atom. The van der Waals surface area contributed by atoms with Gasteiger partial charge in [0.2, 0.25) is 0 Å². The summed E-state index contributed by atoms with van der Waals surface area (Å²) in [6.45, 7) is 0.492. The number of halogens is 1. The van der Waals surface area contributed by atoms with Crippen molar-refractivity contribution < 1.29 is 0 Å². The molecular weight excluding hydrogens is 230 g/mol. The molecule has 0 radical (unpaired) electrons. The van der Waals surface area contributed by atoms with E-state index in [2.05, 4.69) is 25.9 Å². The minimum Gasteiger partial charge on any atom is -0.326 e. The van der Waals surface area contributed by atoms with Crippen LogP contribution in [0.25, 0.3) is 0 Å². The molecule has 1 fully saturated rings. The van der Waals surface area contributed by atoms with E-state index in [-0.39, 0.29) is 0 Å². The third kappa shape index (κ3) is 1.74. The molecule has 0 saturated heterocycles. The van der Waals surface area contributed by atoms with Crippen LogP contribution in [-0.4, -0.2) is 9.97 Å².